The van der Waals surface area contributed by atoms with Gasteiger partial charge in [-0.2, -0.15) is 11.8 Å². The number of carbonyl (C=O) groups is 1. The van der Waals surface area contributed by atoms with Crippen LogP contribution in [0.3, 0.4) is 0 Å². The van der Waals surface area contributed by atoms with Crippen LogP contribution < -0.4 is 4.74 Å². The van der Waals surface area contributed by atoms with Gasteiger partial charge in [-0.25, -0.2) is 0 Å². The van der Waals surface area contributed by atoms with Crippen molar-refractivity contribution in [2.24, 2.45) is 0 Å². The second-order valence-corrected chi connectivity index (χ2v) is 7.84. The molecule has 0 radical (unpaired) electrons. The van der Waals surface area contributed by atoms with Gasteiger partial charge in [0.15, 0.2) is 0 Å². The summed E-state index contributed by atoms with van der Waals surface area (Å²) < 4.78 is 10.6. The molecular weight excluding hydrogens is 380 g/mol. The molecule has 0 aliphatic rings. The number of ether oxygens (including phenoxy) is 2. The van der Waals surface area contributed by atoms with E-state index >= 15 is 0 Å². The summed E-state index contributed by atoms with van der Waals surface area (Å²) in [5.74, 6) is 2.08. The summed E-state index contributed by atoms with van der Waals surface area (Å²) in [7, 11) is 1.42. The van der Waals surface area contributed by atoms with Crippen LogP contribution in [0.25, 0.3) is 11.1 Å². The van der Waals surface area contributed by atoms with Gasteiger partial charge in [-0.15, -0.1) is 0 Å². The highest BCUT2D eigenvalue weighted by molar-refractivity contribution is 7.99. The van der Waals surface area contributed by atoms with Gasteiger partial charge in [-0.1, -0.05) is 66.7 Å². The van der Waals surface area contributed by atoms with E-state index in [-0.39, 0.29) is 5.97 Å². The van der Waals surface area contributed by atoms with Crippen molar-refractivity contribution in [2.75, 3.05) is 18.6 Å². The molecule has 0 N–H and O–H groups in total. The molecule has 0 fully saturated rings. The Kier molecular flexibility index (Phi) is 8.20. The molecule has 150 valence electrons. The van der Waals surface area contributed by atoms with Crippen molar-refractivity contribution in [1.29, 1.82) is 0 Å². The summed E-state index contributed by atoms with van der Waals surface area (Å²) in [5.41, 5.74) is 4.83. The van der Waals surface area contributed by atoms with E-state index in [2.05, 4.69) is 65.4 Å². The Labute approximate surface area is 177 Å². The minimum atomic E-state index is -0.165. The average molecular weight is 407 g/mol. The molecule has 0 spiro atoms. The van der Waals surface area contributed by atoms with Gasteiger partial charge >= 0.3 is 5.97 Å². The normalized spacial score (nSPS) is 10.5. The maximum absolute atomic E-state index is 11.1. The first-order chi connectivity index (χ1) is 14.2. The number of esters is 1. The molecule has 0 heterocycles. The van der Waals surface area contributed by atoms with E-state index in [0.29, 0.717) is 12.4 Å². The molecule has 0 aromatic heterocycles. The monoisotopic (exact) mass is 406 g/mol. The third kappa shape index (κ3) is 6.99. The Balaban J connectivity index is 1.46. The number of hydrogen-bond acceptors (Lipinski definition) is 4. The van der Waals surface area contributed by atoms with Crippen LogP contribution in [0.4, 0.5) is 0 Å². The zero-order chi connectivity index (χ0) is 20.3. The molecule has 3 aromatic carbocycles. The van der Waals surface area contributed by atoms with Gasteiger partial charge in [0.05, 0.1) is 12.9 Å². The van der Waals surface area contributed by atoms with Crippen molar-refractivity contribution in [3.8, 4) is 16.9 Å². The minimum absolute atomic E-state index is 0.165. The topological polar surface area (TPSA) is 35.5 Å². The minimum Gasteiger partial charge on any atom is -0.489 e. The zero-order valence-corrected chi connectivity index (χ0v) is 17.5. The summed E-state index contributed by atoms with van der Waals surface area (Å²) in [6.07, 6.45) is 1.99. The number of methoxy groups -OCH3 is 1. The van der Waals surface area contributed by atoms with Gasteiger partial charge in [-0.3, -0.25) is 4.79 Å². The van der Waals surface area contributed by atoms with Gasteiger partial charge in [0.25, 0.3) is 0 Å². The zero-order valence-electron chi connectivity index (χ0n) is 16.7. The molecule has 3 aromatic rings. The van der Waals surface area contributed by atoms with E-state index in [9.17, 15) is 4.79 Å². The lowest BCUT2D eigenvalue weighted by Crippen LogP contribution is -2.03. The maximum Gasteiger partial charge on any atom is 0.315 e. The van der Waals surface area contributed by atoms with Crippen LogP contribution in [0.2, 0.25) is 0 Å². The second kappa shape index (κ2) is 11.3. The Morgan fingerprint density at radius 1 is 0.862 bits per heavy atom. The predicted molar refractivity (Wildman–Crippen MR) is 120 cm³/mol. The maximum atomic E-state index is 11.1. The third-order valence-corrected chi connectivity index (χ3v) is 5.58. The molecule has 0 aliphatic heterocycles. The van der Waals surface area contributed by atoms with E-state index in [1.54, 1.807) is 11.8 Å². The van der Waals surface area contributed by atoms with Gasteiger partial charge in [0, 0.05) is 0 Å². The van der Waals surface area contributed by atoms with E-state index < -0.39 is 0 Å². The van der Waals surface area contributed by atoms with Crippen molar-refractivity contribution in [3.63, 3.8) is 0 Å². The Bertz CT molecular complexity index is 891. The predicted octanol–water partition coefficient (Wildman–Crippen LogP) is 5.77. The SMILES string of the molecule is COC(=O)CSCCCc1cccc(OCc2ccc(-c3ccccc3)cc2)c1. The van der Waals surface area contributed by atoms with E-state index in [1.165, 1.54) is 23.8 Å². The largest absolute Gasteiger partial charge is 0.489 e. The number of thioether (sulfide) groups is 1. The van der Waals surface area contributed by atoms with Gasteiger partial charge in [0.2, 0.25) is 0 Å². The molecule has 0 saturated carbocycles. The van der Waals surface area contributed by atoms with Crippen LogP contribution in [0.5, 0.6) is 5.75 Å². The lowest BCUT2D eigenvalue weighted by molar-refractivity contribution is -0.137. The fraction of sp³-hybridized carbons (Fsp3) is 0.240. The highest BCUT2D eigenvalue weighted by atomic mass is 32.2. The number of hydrogen-bond donors (Lipinski definition) is 0. The summed E-state index contributed by atoms with van der Waals surface area (Å²) >= 11 is 1.61. The third-order valence-electron chi connectivity index (χ3n) is 4.57. The second-order valence-electron chi connectivity index (χ2n) is 6.73. The quantitative estimate of drug-likeness (QED) is 0.316. The van der Waals surface area contributed by atoms with Crippen molar-refractivity contribution in [3.05, 3.63) is 90.0 Å². The molecule has 0 aliphatic carbocycles. The first-order valence-electron chi connectivity index (χ1n) is 9.75. The first-order valence-corrected chi connectivity index (χ1v) is 10.9. The fourth-order valence-corrected chi connectivity index (χ4v) is 3.75. The lowest BCUT2D eigenvalue weighted by Gasteiger charge is -2.09. The molecule has 0 bridgehead atoms. The average Bonchev–Trinajstić information content (AvgIpc) is 2.78. The number of aryl methyl sites for hydroxylation is 1. The summed E-state index contributed by atoms with van der Waals surface area (Å²) in [4.78, 5) is 11.1. The number of rotatable bonds is 10. The standard InChI is InChI=1S/C25H26O3S/c1-27-25(26)19-29-16-6-8-20-7-5-11-24(17-20)28-18-21-12-14-23(15-13-21)22-9-3-2-4-10-22/h2-5,7,9-15,17H,6,8,16,18-19H2,1H3. The molecule has 3 nitrogen and oxygen atoms in total. The Hall–Kier alpha value is -2.72. The van der Waals surface area contributed by atoms with Crippen molar-refractivity contribution in [2.45, 2.75) is 19.4 Å². The summed E-state index contributed by atoms with van der Waals surface area (Å²) in [6, 6.07) is 27.1. The summed E-state index contributed by atoms with van der Waals surface area (Å²) in [5, 5.41) is 0. The summed E-state index contributed by atoms with van der Waals surface area (Å²) in [6.45, 7) is 0.549. The Morgan fingerprint density at radius 2 is 1.62 bits per heavy atom. The highest BCUT2D eigenvalue weighted by Crippen LogP contribution is 2.21. The van der Waals surface area contributed by atoms with Gasteiger partial charge in [-0.05, 0) is 53.0 Å². The molecular formula is C25H26O3S. The lowest BCUT2D eigenvalue weighted by atomic mass is 10.0. The fourth-order valence-electron chi connectivity index (χ4n) is 2.97. The molecule has 0 atom stereocenters. The molecule has 0 saturated heterocycles. The van der Waals surface area contributed by atoms with E-state index in [4.69, 9.17) is 4.74 Å². The molecule has 0 amide bonds. The number of carbonyl (C=O) groups excluding carboxylic acids is 1. The van der Waals surface area contributed by atoms with Crippen LogP contribution in [-0.2, 0) is 22.6 Å². The Morgan fingerprint density at radius 3 is 2.38 bits per heavy atom. The van der Waals surface area contributed by atoms with E-state index in [1.807, 2.05) is 18.2 Å². The van der Waals surface area contributed by atoms with Crippen LogP contribution in [0.1, 0.15) is 17.5 Å². The van der Waals surface area contributed by atoms with Crippen LogP contribution in [0.15, 0.2) is 78.9 Å². The van der Waals surface area contributed by atoms with Crippen LogP contribution in [-0.4, -0.2) is 24.6 Å². The molecule has 0 unspecified atom stereocenters. The molecule has 29 heavy (non-hydrogen) atoms. The molecule has 3 rings (SSSR count). The highest BCUT2D eigenvalue weighted by Gasteiger charge is 2.02. The van der Waals surface area contributed by atoms with Crippen LogP contribution in [0, 0.1) is 0 Å². The van der Waals surface area contributed by atoms with Crippen molar-refractivity contribution in [1.82, 2.24) is 0 Å². The van der Waals surface area contributed by atoms with Crippen molar-refractivity contribution < 1.29 is 14.3 Å². The smallest absolute Gasteiger partial charge is 0.315 e. The first kappa shape index (κ1) is 21.0. The van der Waals surface area contributed by atoms with Gasteiger partial charge in [0.1, 0.15) is 12.4 Å². The number of benzene rings is 3. The van der Waals surface area contributed by atoms with Crippen LogP contribution >= 0.6 is 11.8 Å². The van der Waals surface area contributed by atoms with Gasteiger partial charge < -0.3 is 9.47 Å². The van der Waals surface area contributed by atoms with E-state index in [0.717, 1.165) is 29.9 Å². The van der Waals surface area contributed by atoms with Crippen molar-refractivity contribution >= 4 is 17.7 Å². The molecule has 4 heteroatoms.